The van der Waals surface area contributed by atoms with Crippen molar-refractivity contribution in [1.82, 2.24) is 16.1 Å². The Bertz CT molecular complexity index is 1450. The van der Waals surface area contributed by atoms with Crippen LogP contribution in [0.4, 0.5) is 18.9 Å². The molecule has 2 aliphatic rings. The van der Waals surface area contributed by atoms with Gasteiger partial charge in [0.25, 0.3) is 0 Å². The molecule has 15 heteroatoms. The van der Waals surface area contributed by atoms with Crippen molar-refractivity contribution in [1.29, 1.82) is 0 Å². The second-order valence-electron chi connectivity index (χ2n) is 13.0. The highest BCUT2D eigenvalue weighted by Crippen LogP contribution is 2.36. The van der Waals surface area contributed by atoms with Crippen LogP contribution in [0.2, 0.25) is 0 Å². The third-order valence-corrected chi connectivity index (χ3v) is 8.73. The topological polar surface area (TPSA) is 144 Å². The molecule has 4 rings (SSSR count). The molecule has 4 N–H and O–H groups in total. The fraction of sp³-hybridized carbons (Fsp3) is 0.515. The number of amides is 4. The maximum absolute atomic E-state index is 13.1. The zero-order valence-corrected chi connectivity index (χ0v) is 27.5. The molecule has 2 fully saturated rings. The van der Waals surface area contributed by atoms with Crippen LogP contribution in [0.3, 0.4) is 0 Å². The average Bonchev–Trinajstić information content (AvgIpc) is 3.54. The van der Waals surface area contributed by atoms with E-state index in [4.69, 9.17) is 14.1 Å². The molecule has 2 heterocycles. The lowest BCUT2D eigenvalue weighted by atomic mass is 9.79. The summed E-state index contributed by atoms with van der Waals surface area (Å²) in [7, 11) is -0.476. The van der Waals surface area contributed by atoms with Crippen molar-refractivity contribution in [2.24, 2.45) is 0 Å². The van der Waals surface area contributed by atoms with Crippen LogP contribution >= 0.6 is 0 Å². The highest BCUT2D eigenvalue weighted by Gasteiger charge is 2.51. The molecule has 260 valence electrons. The maximum atomic E-state index is 13.1. The molecular weight excluding hydrogens is 632 g/mol. The van der Waals surface area contributed by atoms with Crippen LogP contribution < -0.4 is 26.9 Å². The van der Waals surface area contributed by atoms with Gasteiger partial charge in [0.15, 0.2) is 0 Å². The number of hydrogen-bond acceptors (Lipinski definition) is 7. The van der Waals surface area contributed by atoms with Gasteiger partial charge < -0.3 is 25.3 Å². The fourth-order valence-corrected chi connectivity index (χ4v) is 5.17. The minimum absolute atomic E-state index is 0.0687. The van der Waals surface area contributed by atoms with E-state index in [1.54, 1.807) is 0 Å². The molecule has 48 heavy (non-hydrogen) atoms. The Hall–Kier alpha value is -3.95. The molecule has 0 aliphatic carbocycles. The van der Waals surface area contributed by atoms with Gasteiger partial charge in [-0.1, -0.05) is 43.2 Å². The molecule has 2 saturated heterocycles. The molecule has 0 spiro atoms. The predicted molar refractivity (Wildman–Crippen MR) is 171 cm³/mol. The van der Waals surface area contributed by atoms with Crippen LogP contribution in [-0.4, -0.2) is 54.0 Å². The summed E-state index contributed by atoms with van der Waals surface area (Å²) in [5, 5.41) is 7.59. The van der Waals surface area contributed by atoms with Gasteiger partial charge in [0.05, 0.1) is 23.4 Å². The Morgan fingerprint density at radius 2 is 1.71 bits per heavy atom. The van der Waals surface area contributed by atoms with Gasteiger partial charge in [-0.2, -0.15) is 13.2 Å². The van der Waals surface area contributed by atoms with Gasteiger partial charge >= 0.3 is 13.3 Å². The largest absolute Gasteiger partial charge is 0.494 e. The van der Waals surface area contributed by atoms with Gasteiger partial charge in [-0.15, -0.1) is 0 Å². The highest BCUT2D eigenvalue weighted by molar-refractivity contribution is 6.62. The fourth-order valence-electron chi connectivity index (χ4n) is 5.17. The first-order chi connectivity index (χ1) is 22.5. The zero-order valence-electron chi connectivity index (χ0n) is 27.5. The lowest BCUT2D eigenvalue weighted by molar-refractivity contribution is -0.137. The number of nitrogens with one attached hydrogen (secondary N) is 4. The van der Waals surface area contributed by atoms with Crippen LogP contribution in [0.1, 0.15) is 83.8 Å². The molecule has 2 aromatic carbocycles. The summed E-state index contributed by atoms with van der Waals surface area (Å²) in [6.07, 6.45) is -2.39. The van der Waals surface area contributed by atoms with E-state index in [2.05, 4.69) is 21.4 Å². The number of benzene rings is 2. The van der Waals surface area contributed by atoms with Crippen molar-refractivity contribution in [3.63, 3.8) is 0 Å². The molecule has 11 nitrogen and oxygen atoms in total. The molecule has 4 amide bonds. The number of halogens is 3. The van der Waals surface area contributed by atoms with Crippen LogP contribution in [0.25, 0.3) is 0 Å². The van der Waals surface area contributed by atoms with Gasteiger partial charge in [-0.3, -0.25) is 24.0 Å². The van der Waals surface area contributed by atoms with Crippen LogP contribution in [0.15, 0.2) is 48.5 Å². The van der Waals surface area contributed by atoms with Crippen molar-refractivity contribution < 1.29 is 46.5 Å². The van der Waals surface area contributed by atoms with Crippen molar-refractivity contribution in [3.8, 4) is 0 Å². The SMILES string of the molecule is CC1(C)OB(c2ccc(CONC(=O)CCCCC[C@H](NC(=O)[C@@H]3CCC(=O)N3)C(=O)Nc3cccc(C(F)(F)F)c3)cc2)OC1(C)C. The van der Waals surface area contributed by atoms with Crippen LogP contribution in [-0.2, 0) is 46.1 Å². The third-order valence-electron chi connectivity index (χ3n) is 8.73. The minimum Gasteiger partial charge on any atom is -0.399 e. The number of carbonyl (C=O) groups excluding carboxylic acids is 4. The van der Waals surface area contributed by atoms with E-state index >= 15 is 0 Å². The summed E-state index contributed by atoms with van der Waals surface area (Å²) in [5.74, 6) is -1.85. The molecule has 0 bridgehead atoms. The molecule has 0 unspecified atom stereocenters. The Labute approximate surface area is 278 Å². The lowest BCUT2D eigenvalue weighted by Crippen LogP contribution is -2.50. The molecule has 0 saturated carbocycles. The maximum Gasteiger partial charge on any atom is 0.494 e. The number of hydroxylamine groups is 1. The van der Waals surface area contributed by atoms with E-state index in [1.807, 2.05) is 52.0 Å². The molecule has 0 aromatic heterocycles. The standard InChI is InChI=1S/C33H42BF3N4O7/c1-31(2)32(3,4)48-34(47-31)23-15-13-21(14-16-23)20-46-41-28(43)12-7-5-6-11-25(40-30(45)26-17-18-27(42)39-26)29(44)38-24-10-8-9-22(19-24)33(35,36)37/h8-10,13-16,19,25-26H,5-7,11-12,17-18,20H2,1-4H3,(H,38,44)(H,39,42)(H,40,45)(H,41,43)/t25-,26-/m0/s1. The van der Waals surface area contributed by atoms with E-state index in [9.17, 15) is 32.3 Å². The molecule has 2 atom stereocenters. The molecule has 2 aliphatic heterocycles. The Morgan fingerprint density at radius 1 is 1.02 bits per heavy atom. The van der Waals surface area contributed by atoms with Crippen molar-refractivity contribution in [2.45, 2.75) is 109 Å². The first kappa shape index (κ1) is 36.9. The number of anilines is 1. The first-order valence-corrected chi connectivity index (χ1v) is 16.0. The molecular formula is C33H42BF3N4O7. The summed E-state index contributed by atoms with van der Waals surface area (Å²) in [5.41, 5.74) is 2.25. The Kier molecular flexibility index (Phi) is 11.9. The molecule has 0 radical (unpaired) electrons. The summed E-state index contributed by atoms with van der Waals surface area (Å²) in [4.78, 5) is 55.0. The Balaban J connectivity index is 1.20. The van der Waals surface area contributed by atoms with Crippen LogP contribution in [0.5, 0.6) is 0 Å². The summed E-state index contributed by atoms with van der Waals surface area (Å²) in [6.45, 7) is 8.10. The monoisotopic (exact) mass is 674 g/mol. The smallest absolute Gasteiger partial charge is 0.399 e. The quantitative estimate of drug-likeness (QED) is 0.135. The van der Waals surface area contributed by atoms with Gasteiger partial charge in [0, 0.05) is 18.5 Å². The summed E-state index contributed by atoms with van der Waals surface area (Å²) in [6, 6.07) is 9.84. The minimum atomic E-state index is -4.59. The number of alkyl halides is 3. The van der Waals surface area contributed by atoms with Gasteiger partial charge in [0.2, 0.25) is 23.6 Å². The number of hydrogen-bond donors (Lipinski definition) is 4. The van der Waals surface area contributed by atoms with Gasteiger partial charge in [0.1, 0.15) is 12.1 Å². The number of unbranched alkanes of at least 4 members (excludes halogenated alkanes) is 2. The predicted octanol–water partition coefficient (Wildman–Crippen LogP) is 3.91. The van der Waals surface area contributed by atoms with E-state index < -0.39 is 54.0 Å². The highest BCUT2D eigenvalue weighted by atomic mass is 19.4. The van der Waals surface area contributed by atoms with Crippen LogP contribution in [0, 0.1) is 0 Å². The van der Waals surface area contributed by atoms with Gasteiger partial charge in [-0.05, 0) is 76.2 Å². The third kappa shape index (κ3) is 10.0. The number of rotatable bonds is 14. The van der Waals surface area contributed by atoms with E-state index in [-0.39, 0.29) is 49.8 Å². The van der Waals surface area contributed by atoms with E-state index in [1.165, 1.54) is 12.1 Å². The van der Waals surface area contributed by atoms with Crippen molar-refractivity contribution >= 4 is 41.9 Å². The lowest BCUT2D eigenvalue weighted by Gasteiger charge is -2.32. The zero-order chi connectivity index (χ0) is 35.1. The summed E-state index contributed by atoms with van der Waals surface area (Å²) < 4.78 is 51.5. The average molecular weight is 675 g/mol. The normalized spacial score (nSPS) is 19.0. The molecule has 2 aromatic rings. The summed E-state index contributed by atoms with van der Waals surface area (Å²) >= 11 is 0. The second-order valence-corrected chi connectivity index (χ2v) is 13.0. The van der Waals surface area contributed by atoms with Crippen molar-refractivity contribution in [2.75, 3.05) is 5.32 Å². The second kappa shape index (κ2) is 15.5. The Morgan fingerprint density at radius 3 is 2.33 bits per heavy atom. The first-order valence-electron chi connectivity index (χ1n) is 16.0. The van der Waals surface area contributed by atoms with Crippen molar-refractivity contribution in [3.05, 3.63) is 59.7 Å². The van der Waals surface area contributed by atoms with E-state index in [0.29, 0.717) is 19.3 Å². The van der Waals surface area contributed by atoms with Gasteiger partial charge in [-0.25, -0.2) is 5.48 Å². The van der Waals surface area contributed by atoms with E-state index in [0.717, 1.165) is 23.2 Å². The number of carbonyl (C=O) groups is 4.